The average Bonchev–Trinajstić information content (AvgIpc) is 3.07. The fourth-order valence-corrected chi connectivity index (χ4v) is 2.99. The maximum atomic E-state index is 12.9. The maximum Gasteiger partial charge on any atom is 0.234 e. The molecule has 0 aliphatic carbocycles. The van der Waals surface area contributed by atoms with Crippen molar-refractivity contribution in [1.29, 1.82) is 0 Å². The lowest BCUT2D eigenvalue weighted by Crippen LogP contribution is -2.14. The number of anilines is 1. The minimum atomic E-state index is -0.306. The third kappa shape index (κ3) is 4.37. The van der Waals surface area contributed by atoms with Gasteiger partial charge < -0.3 is 9.88 Å². The molecule has 0 unspecified atom stereocenters. The number of hydrogen-bond donors (Lipinski definition) is 1. The van der Waals surface area contributed by atoms with Gasteiger partial charge >= 0.3 is 0 Å². The smallest absolute Gasteiger partial charge is 0.234 e. The first-order valence-electron chi connectivity index (χ1n) is 7.83. The Bertz CT molecular complexity index is 921. The van der Waals surface area contributed by atoms with Crippen LogP contribution >= 0.6 is 11.8 Å². The number of carbonyl (C=O) groups excluding carboxylic acids is 2. The number of rotatable bonds is 6. The molecular formula is C19H16FN3O2S. The van der Waals surface area contributed by atoms with Gasteiger partial charge in [0.25, 0.3) is 0 Å². The Kier molecular flexibility index (Phi) is 5.48. The van der Waals surface area contributed by atoms with E-state index in [1.807, 2.05) is 0 Å². The predicted octanol–water partition coefficient (Wildman–Crippen LogP) is 3.52. The number of halogens is 1. The van der Waals surface area contributed by atoms with Crippen LogP contribution in [0.5, 0.6) is 0 Å². The van der Waals surface area contributed by atoms with Crippen molar-refractivity contribution in [3.63, 3.8) is 0 Å². The zero-order valence-corrected chi connectivity index (χ0v) is 14.8. The molecule has 0 aliphatic heterocycles. The van der Waals surface area contributed by atoms with Crippen molar-refractivity contribution in [1.82, 2.24) is 9.55 Å². The van der Waals surface area contributed by atoms with Gasteiger partial charge in [0, 0.05) is 35.6 Å². The number of nitrogens with one attached hydrogen (secondary N) is 1. The first-order valence-corrected chi connectivity index (χ1v) is 8.82. The fraction of sp³-hybridized carbons (Fsp3) is 0.105. The second kappa shape index (κ2) is 7.97. The molecule has 3 aromatic rings. The molecule has 1 amide bonds. The van der Waals surface area contributed by atoms with Crippen LogP contribution in [0.4, 0.5) is 10.1 Å². The summed E-state index contributed by atoms with van der Waals surface area (Å²) >= 11 is 1.32. The van der Waals surface area contributed by atoms with E-state index in [0.717, 1.165) is 4.90 Å². The standard InChI is InChI=1S/C19H16FN3O2S/c1-23-11-10-21-19(23)18(25)13-2-6-15(7-3-13)22-17(24)12-26-16-8-4-14(20)5-9-16/h2-11H,12H2,1H3,(H,22,24). The Hall–Kier alpha value is -2.93. The molecule has 0 saturated carbocycles. The van der Waals surface area contributed by atoms with Crippen LogP contribution in [0, 0.1) is 5.82 Å². The molecule has 2 aromatic carbocycles. The van der Waals surface area contributed by atoms with E-state index < -0.39 is 0 Å². The van der Waals surface area contributed by atoms with E-state index in [9.17, 15) is 14.0 Å². The first-order chi connectivity index (χ1) is 12.5. The van der Waals surface area contributed by atoms with Crippen molar-refractivity contribution >= 4 is 29.1 Å². The van der Waals surface area contributed by atoms with E-state index in [0.29, 0.717) is 17.1 Å². The maximum absolute atomic E-state index is 12.9. The number of carbonyl (C=O) groups is 2. The lowest BCUT2D eigenvalue weighted by atomic mass is 10.1. The molecule has 3 rings (SSSR count). The molecule has 1 heterocycles. The highest BCUT2D eigenvalue weighted by Crippen LogP contribution is 2.19. The third-order valence-corrected chi connectivity index (χ3v) is 4.65. The first kappa shape index (κ1) is 17.9. The largest absolute Gasteiger partial charge is 0.331 e. The Morgan fingerprint density at radius 1 is 1.12 bits per heavy atom. The summed E-state index contributed by atoms with van der Waals surface area (Å²) in [4.78, 5) is 29.2. The summed E-state index contributed by atoms with van der Waals surface area (Å²) in [6.07, 6.45) is 3.28. The van der Waals surface area contributed by atoms with Crippen molar-refractivity contribution in [3.05, 3.63) is 78.1 Å². The lowest BCUT2D eigenvalue weighted by molar-refractivity contribution is -0.113. The zero-order chi connectivity index (χ0) is 18.5. The zero-order valence-electron chi connectivity index (χ0n) is 14.0. The normalized spacial score (nSPS) is 10.5. The second-order valence-corrected chi connectivity index (χ2v) is 6.61. The van der Waals surface area contributed by atoms with Crippen molar-refractivity contribution in [2.24, 2.45) is 7.05 Å². The molecule has 5 nitrogen and oxygen atoms in total. The second-order valence-electron chi connectivity index (χ2n) is 5.56. The van der Waals surface area contributed by atoms with Gasteiger partial charge in [-0.3, -0.25) is 9.59 Å². The van der Waals surface area contributed by atoms with Crippen LogP contribution < -0.4 is 5.32 Å². The number of nitrogens with zero attached hydrogens (tertiary/aromatic N) is 2. The molecule has 0 fully saturated rings. The molecule has 1 aromatic heterocycles. The van der Waals surface area contributed by atoms with Gasteiger partial charge in [0.05, 0.1) is 5.75 Å². The number of aryl methyl sites for hydroxylation is 1. The monoisotopic (exact) mass is 369 g/mol. The Morgan fingerprint density at radius 2 is 1.81 bits per heavy atom. The van der Waals surface area contributed by atoms with Gasteiger partial charge in [-0.1, -0.05) is 0 Å². The SMILES string of the molecule is Cn1ccnc1C(=O)c1ccc(NC(=O)CSc2ccc(F)cc2)cc1. The fourth-order valence-electron chi connectivity index (χ4n) is 2.30. The Morgan fingerprint density at radius 3 is 2.42 bits per heavy atom. The number of hydrogen-bond acceptors (Lipinski definition) is 4. The van der Waals surface area contributed by atoms with E-state index in [1.54, 1.807) is 60.4 Å². The van der Waals surface area contributed by atoms with Gasteiger partial charge in [0.2, 0.25) is 11.7 Å². The summed E-state index contributed by atoms with van der Waals surface area (Å²) in [5.74, 6) is -0.0965. The molecule has 0 spiro atoms. The predicted molar refractivity (Wildman–Crippen MR) is 98.8 cm³/mol. The Labute approximate surface area is 154 Å². The van der Waals surface area contributed by atoms with Gasteiger partial charge in [-0.15, -0.1) is 11.8 Å². The molecule has 0 saturated heterocycles. The highest BCUT2D eigenvalue weighted by atomic mass is 32.2. The van der Waals surface area contributed by atoms with Gasteiger partial charge in [0.15, 0.2) is 5.82 Å². The van der Waals surface area contributed by atoms with E-state index >= 15 is 0 Å². The van der Waals surface area contributed by atoms with Gasteiger partial charge in [-0.05, 0) is 48.5 Å². The highest BCUT2D eigenvalue weighted by Gasteiger charge is 2.13. The van der Waals surface area contributed by atoms with Crippen LogP contribution in [0.3, 0.4) is 0 Å². The third-order valence-electron chi connectivity index (χ3n) is 3.64. The van der Waals surface area contributed by atoms with Gasteiger partial charge in [-0.25, -0.2) is 9.37 Å². The van der Waals surface area contributed by atoms with Crippen molar-refractivity contribution < 1.29 is 14.0 Å². The van der Waals surface area contributed by atoms with Gasteiger partial charge in [-0.2, -0.15) is 0 Å². The summed E-state index contributed by atoms with van der Waals surface area (Å²) in [6.45, 7) is 0. The summed E-state index contributed by atoms with van der Waals surface area (Å²) in [5.41, 5.74) is 1.10. The average molecular weight is 369 g/mol. The number of aromatic nitrogens is 2. The Balaban J connectivity index is 1.57. The van der Waals surface area contributed by atoms with E-state index in [-0.39, 0.29) is 23.3 Å². The topological polar surface area (TPSA) is 64.0 Å². The van der Waals surface area contributed by atoms with Crippen LogP contribution in [-0.4, -0.2) is 27.0 Å². The molecule has 26 heavy (non-hydrogen) atoms. The number of amides is 1. The summed E-state index contributed by atoms with van der Waals surface area (Å²) in [7, 11) is 1.76. The van der Waals surface area contributed by atoms with Crippen molar-refractivity contribution in [2.75, 3.05) is 11.1 Å². The number of thioether (sulfide) groups is 1. The summed E-state index contributed by atoms with van der Waals surface area (Å²) in [6, 6.07) is 12.6. The minimum Gasteiger partial charge on any atom is -0.331 e. The van der Waals surface area contributed by atoms with E-state index in [4.69, 9.17) is 0 Å². The quantitative estimate of drug-likeness (QED) is 0.533. The molecule has 132 valence electrons. The number of benzene rings is 2. The molecule has 0 radical (unpaired) electrons. The van der Waals surface area contributed by atoms with Crippen LogP contribution in [0.2, 0.25) is 0 Å². The number of ketones is 1. The van der Waals surface area contributed by atoms with E-state index in [1.165, 1.54) is 23.9 Å². The van der Waals surface area contributed by atoms with Gasteiger partial charge in [0.1, 0.15) is 5.82 Å². The van der Waals surface area contributed by atoms with Crippen LogP contribution in [0.25, 0.3) is 0 Å². The molecule has 0 aliphatic rings. The molecule has 0 bridgehead atoms. The lowest BCUT2D eigenvalue weighted by Gasteiger charge is -2.07. The van der Waals surface area contributed by atoms with Crippen molar-refractivity contribution in [3.8, 4) is 0 Å². The van der Waals surface area contributed by atoms with Crippen molar-refractivity contribution in [2.45, 2.75) is 4.90 Å². The van der Waals surface area contributed by atoms with Crippen LogP contribution in [0.15, 0.2) is 65.8 Å². The summed E-state index contributed by atoms with van der Waals surface area (Å²) < 4.78 is 14.5. The van der Waals surface area contributed by atoms with E-state index in [2.05, 4.69) is 10.3 Å². The molecule has 7 heteroatoms. The van der Waals surface area contributed by atoms with Crippen LogP contribution in [0.1, 0.15) is 16.2 Å². The highest BCUT2D eigenvalue weighted by molar-refractivity contribution is 8.00. The number of imidazole rings is 1. The minimum absolute atomic E-state index is 0.178. The summed E-state index contributed by atoms with van der Waals surface area (Å²) in [5, 5.41) is 2.77. The molecule has 0 atom stereocenters. The van der Waals surface area contributed by atoms with Crippen LogP contribution in [-0.2, 0) is 11.8 Å². The molecule has 1 N–H and O–H groups in total. The molecular weight excluding hydrogens is 353 g/mol.